The molecule has 1 heterocycles. The van der Waals surface area contributed by atoms with E-state index >= 15 is 0 Å². The monoisotopic (exact) mass is 816 g/mol. The number of amides is 3. The summed E-state index contributed by atoms with van der Waals surface area (Å²) in [6, 6.07) is 22.7. The summed E-state index contributed by atoms with van der Waals surface area (Å²) in [5.74, 6) is -1.15. The fourth-order valence-corrected chi connectivity index (χ4v) is 6.80. The zero-order valence-corrected chi connectivity index (χ0v) is 35.2. The number of nitrogens with zero attached hydrogens (tertiary/aromatic N) is 4. The first-order chi connectivity index (χ1) is 26.5. The number of aliphatic imine (C=N–C) groups is 1. The molecule has 0 aliphatic carbocycles. The van der Waals surface area contributed by atoms with Crippen LogP contribution in [-0.4, -0.2) is 49.5 Å². The third-order valence-corrected chi connectivity index (χ3v) is 11.1. The first-order valence-electron chi connectivity index (χ1n) is 18.4. The second-order valence-electron chi connectivity index (χ2n) is 14.8. The molecule has 56 heavy (non-hydrogen) atoms. The van der Waals surface area contributed by atoms with E-state index < -0.39 is 17.7 Å². The zero-order valence-electron chi connectivity index (χ0n) is 32.9. The third kappa shape index (κ3) is 9.54. The van der Waals surface area contributed by atoms with E-state index in [0.717, 1.165) is 35.6 Å². The van der Waals surface area contributed by atoms with E-state index in [0.29, 0.717) is 17.1 Å². The highest BCUT2D eigenvalue weighted by Gasteiger charge is 2.37. The molecule has 13 heteroatoms. The molecule has 0 atom stereocenters. The van der Waals surface area contributed by atoms with Gasteiger partial charge in [-0.2, -0.15) is 5.01 Å². The van der Waals surface area contributed by atoms with Crippen molar-refractivity contribution in [2.45, 2.75) is 72.1 Å². The molecule has 3 amide bonds. The molecule has 1 aliphatic rings. The Kier molecular flexibility index (Phi) is 13.2. The number of hydrogen-bond acceptors (Lipinski definition) is 7. The second kappa shape index (κ2) is 17.5. The van der Waals surface area contributed by atoms with Crippen molar-refractivity contribution < 1.29 is 19.1 Å². The molecule has 4 aromatic rings. The van der Waals surface area contributed by atoms with Crippen LogP contribution in [0.5, 0.6) is 5.75 Å². The number of nitrogens with one attached hydrogen (secondary N) is 2. The first-order valence-corrected chi connectivity index (χ1v) is 19.6. The van der Waals surface area contributed by atoms with Crippen molar-refractivity contribution in [2.24, 2.45) is 10.1 Å². The van der Waals surface area contributed by atoms with Crippen LogP contribution in [0.2, 0.25) is 15.1 Å². The topological polar surface area (TPSA) is 116 Å². The lowest BCUT2D eigenvalue weighted by molar-refractivity contribution is -0.118. The van der Waals surface area contributed by atoms with Crippen LogP contribution in [0.25, 0.3) is 0 Å². The van der Waals surface area contributed by atoms with Crippen molar-refractivity contribution in [2.75, 3.05) is 35.4 Å². The normalized spacial score (nSPS) is 13.8. The summed E-state index contributed by atoms with van der Waals surface area (Å²) < 4.78 is 6.11. The average Bonchev–Trinajstić information content (AvgIpc) is 3.46. The van der Waals surface area contributed by atoms with E-state index in [1.165, 1.54) is 23.8 Å². The number of carbonyl (C=O) groups is 3. The van der Waals surface area contributed by atoms with Gasteiger partial charge in [-0.05, 0) is 96.8 Å². The Morgan fingerprint density at radius 3 is 2.14 bits per heavy atom. The maximum absolute atomic E-state index is 13.9. The molecule has 2 N–H and O–H groups in total. The number of amidine groups is 1. The van der Waals surface area contributed by atoms with Gasteiger partial charge in [-0.1, -0.05) is 94.5 Å². The van der Waals surface area contributed by atoms with Gasteiger partial charge in [0.25, 0.3) is 11.8 Å². The van der Waals surface area contributed by atoms with Gasteiger partial charge in [0.05, 0.1) is 15.7 Å². The number of hydrogen-bond donors (Lipinski definition) is 2. The van der Waals surface area contributed by atoms with Crippen LogP contribution in [0, 0.1) is 0 Å². The zero-order chi connectivity index (χ0) is 40.9. The van der Waals surface area contributed by atoms with Gasteiger partial charge < -0.3 is 20.3 Å². The Balaban J connectivity index is 1.36. The average molecular weight is 818 g/mol. The van der Waals surface area contributed by atoms with E-state index in [1.54, 1.807) is 30.3 Å². The predicted octanol–water partition coefficient (Wildman–Crippen LogP) is 10.4. The summed E-state index contributed by atoms with van der Waals surface area (Å²) in [6.45, 7) is 15.7. The SMILES string of the molecule is CCN(C)c1ccc(N=C2C(=O)N(c3c(Cl)cc(Cl)cc3Cl)N=C2NC(=O)c2cccc(NC(=O)COc3ccc(C(C)(C)CC)cc3C(C)(C)CC)c2)cc1. The van der Waals surface area contributed by atoms with Crippen LogP contribution in [-0.2, 0) is 20.4 Å². The van der Waals surface area contributed by atoms with E-state index in [2.05, 4.69) is 79.3 Å². The Morgan fingerprint density at radius 1 is 0.857 bits per heavy atom. The standard InChI is InChI=1S/C43H47Cl3N6O4/c1-9-42(4,5)27-15-20-35(32(22-27)43(6,7)10-2)56-25-36(53)47-30-14-12-13-26(21-30)40(54)49-39-37(48-29-16-18-31(19-17-29)51(8)11-3)41(55)52(50-39)38-33(45)23-28(44)24-34(38)46/h12-24H,9-11,25H2,1-8H3,(H,47,53)(H,49,50,54). The molecule has 0 saturated heterocycles. The number of anilines is 3. The van der Waals surface area contributed by atoms with Gasteiger partial charge in [0.2, 0.25) is 0 Å². The molecular weight excluding hydrogens is 771 g/mol. The lowest BCUT2D eigenvalue weighted by Crippen LogP contribution is -2.37. The lowest BCUT2D eigenvalue weighted by Gasteiger charge is -2.30. The Morgan fingerprint density at radius 2 is 1.52 bits per heavy atom. The largest absolute Gasteiger partial charge is 0.483 e. The fraction of sp³-hybridized carbons (Fsp3) is 0.326. The minimum absolute atomic E-state index is 0.00452. The van der Waals surface area contributed by atoms with E-state index in [-0.39, 0.29) is 55.3 Å². The minimum atomic E-state index is -0.670. The van der Waals surface area contributed by atoms with Crippen LogP contribution in [0.15, 0.2) is 89.0 Å². The highest BCUT2D eigenvalue weighted by Crippen LogP contribution is 2.40. The predicted molar refractivity (Wildman–Crippen MR) is 230 cm³/mol. The first kappa shape index (κ1) is 42.2. The molecule has 0 bridgehead atoms. The van der Waals surface area contributed by atoms with Gasteiger partial charge in [-0.15, -0.1) is 5.10 Å². The van der Waals surface area contributed by atoms with Crippen molar-refractivity contribution in [3.05, 3.63) is 111 Å². The highest BCUT2D eigenvalue weighted by atomic mass is 35.5. The molecule has 5 rings (SSSR count). The van der Waals surface area contributed by atoms with E-state index in [9.17, 15) is 14.4 Å². The van der Waals surface area contributed by atoms with Crippen LogP contribution in [0.1, 0.15) is 82.8 Å². The smallest absolute Gasteiger partial charge is 0.301 e. The molecule has 0 radical (unpaired) electrons. The summed E-state index contributed by atoms with van der Waals surface area (Å²) in [5.41, 5.74) is 4.00. The van der Waals surface area contributed by atoms with Crippen LogP contribution in [0.4, 0.5) is 22.7 Å². The number of halogens is 3. The van der Waals surface area contributed by atoms with Gasteiger partial charge in [0.1, 0.15) is 11.4 Å². The number of hydrazone groups is 1. The third-order valence-electron chi connectivity index (χ3n) is 10.3. The number of ether oxygens (including phenoxy) is 1. The number of carbonyl (C=O) groups excluding carboxylic acids is 3. The van der Waals surface area contributed by atoms with Crippen LogP contribution < -0.4 is 25.3 Å². The van der Waals surface area contributed by atoms with Crippen molar-refractivity contribution in [3.63, 3.8) is 0 Å². The van der Waals surface area contributed by atoms with Gasteiger partial charge >= 0.3 is 5.91 Å². The van der Waals surface area contributed by atoms with Gasteiger partial charge in [0.15, 0.2) is 18.2 Å². The molecule has 0 fully saturated rings. The van der Waals surface area contributed by atoms with Crippen molar-refractivity contribution in [3.8, 4) is 5.75 Å². The van der Waals surface area contributed by atoms with E-state index in [1.807, 2.05) is 32.2 Å². The van der Waals surface area contributed by atoms with Crippen LogP contribution >= 0.6 is 34.8 Å². The maximum atomic E-state index is 13.9. The summed E-state index contributed by atoms with van der Waals surface area (Å²) in [6.07, 6.45) is 1.87. The van der Waals surface area contributed by atoms with Crippen molar-refractivity contribution in [1.82, 2.24) is 5.32 Å². The molecule has 0 aromatic heterocycles. The fourth-order valence-electron chi connectivity index (χ4n) is 5.82. The Labute approximate surface area is 343 Å². The summed E-state index contributed by atoms with van der Waals surface area (Å²) in [7, 11) is 1.96. The second-order valence-corrected chi connectivity index (χ2v) is 16.1. The quantitative estimate of drug-likeness (QED) is 0.139. The molecule has 0 spiro atoms. The van der Waals surface area contributed by atoms with E-state index in [4.69, 9.17) is 39.5 Å². The van der Waals surface area contributed by atoms with Crippen molar-refractivity contribution in [1.29, 1.82) is 0 Å². The Bertz CT molecular complexity index is 2180. The maximum Gasteiger partial charge on any atom is 0.301 e. The summed E-state index contributed by atoms with van der Waals surface area (Å²) >= 11 is 19.1. The Hall–Kier alpha value is -4.90. The minimum Gasteiger partial charge on any atom is -0.483 e. The molecule has 4 aromatic carbocycles. The van der Waals surface area contributed by atoms with Gasteiger partial charge in [0, 0.05) is 41.1 Å². The number of benzene rings is 4. The summed E-state index contributed by atoms with van der Waals surface area (Å²) in [5, 5.41) is 11.4. The van der Waals surface area contributed by atoms with Crippen molar-refractivity contribution >= 4 is 86.8 Å². The lowest BCUT2D eigenvalue weighted by atomic mass is 9.76. The molecular formula is C43H47Cl3N6O4. The van der Waals surface area contributed by atoms with Gasteiger partial charge in [-0.25, -0.2) is 4.99 Å². The molecule has 294 valence electrons. The molecule has 1 aliphatic heterocycles. The molecule has 10 nitrogen and oxygen atoms in total. The molecule has 0 saturated carbocycles. The summed E-state index contributed by atoms with van der Waals surface area (Å²) in [4.78, 5) is 47.4. The van der Waals surface area contributed by atoms with Gasteiger partial charge in [-0.3, -0.25) is 14.4 Å². The highest BCUT2D eigenvalue weighted by molar-refractivity contribution is 6.72. The van der Waals surface area contributed by atoms with Crippen LogP contribution in [0.3, 0.4) is 0 Å². The molecule has 0 unspecified atom stereocenters. The number of rotatable bonds is 13.